The van der Waals surface area contributed by atoms with Gasteiger partial charge in [0.25, 0.3) is 0 Å². The summed E-state index contributed by atoms with van der Waals surface area (Å²) in [5, 5.41) is 0. The monoisotopic (exact) mass is 391 g/mol. The number of hydrogen-bond donors (Lipinski definition) is 0. The maximum atomic E-state index is 12.6. The molecule has 0 spiro atoms. The molecule has 0 saturated heterocycles. The van der Waals surface area contributed by atoms with Gasteiger partial charge in [0.05, 0.1) is 16.3 Å². The van der Waals surface area contributed by atoms with E-state index in [0.29, 0.717) is 4.90 Å². The van der Waals surface area contributed by atoms with Crippen molar-refractivity contribution in [2.24, 2.45) is 0 Å². The lowest BCUT2D eigenvalue weighted by Gasteiger charge is -2.33. The number of benzene rings is 2. The van der Waals surface area contributed by atoms with Gasteiger partial charge in [0.2, 0.25) is 10.0 Å². The number of hydrogen-bond acceptors (Lipinski definition) is 5. The molecule has 5 nitrogen and oxygen atoms in total. The highest BCUT2D eigenvalue weighted by Gasteiger charge is 2.26. The SMILES string of the molecule is CN(C)CCCN1c2ccccc2Sc2ccc(S(=O)(=O)N(C)C)cc21. The molecule has 2 aromatic rings. The zero-order valence-corrected chi connectivity index (χ0v) is 17.3. The largest absolute Gasteiger partial charge is 0.340 e. The summed E-state index contributed by atoms with van der Waals surface area (Å²) in [6.45, 7) is 1.82. The average molecular weight is 392 g/mol. The van der Waals surface area contributed by atoms with E-state index in [4.69, 9.17) is 0 Å². The van der Waals surface area contributed by atoms with Crippen molar-refractivity contribution < 1.29 is 8.42 Å². The number of sulfonamides is 1. The van der Waals surface area contributed by atoms with Gasteiger partial charge in [-0.3, -0.25) is 0 Å². The van der Waals surface area contributed by atoms with Crippen LogP contribution in [0.1, 0.15) is 6.42 Å². The van der Waals surface area contributed by atoms with Crippen molar-refractivity contribution in [2.75, 3.05) is 46.2 Å². The van der Waals surface area contributed by atoms with E-state index in [1.54, 1.807) is 31.9 Å². The third-order valence-electron chi connectivity index (χ3n) is 4.36. The van der Waals surface area contributed by atoms with Crippen LogP contribution < -0.4 is 4.90 Å². The van der Waals surface area contributed by atoms with Crippen LogP contribution in [0.2, 0.25) is 0 Å². The molecular weight excluding hydrogens is 366 g/mol. The van der Waals surface area contributed by atoms with Gasteiger partial charge in [-0.1, -0.05) is 23.9 Å². The first kappa shape index (κ1) is 19.2. The van der Waals surface area contributed by atoms with Gasteiger partial charge in [-0.2, -0.15) is 0 Å². The Kier molecular flexibility index (Phi) is 5.62. The van der Waals surface area contributed by atoms with Crippen molar-refractivity contribution in [3.05, 3.63) is 42.5 Å². The van der Waals surface area contributed by atoms with E-state index in [1.165, 1.54) is 9.20 Å². The Morgan fingerprint density at radius 3 is 2.35 bits per heavy atom. The van der Waals surface area contributed by atoms with E-state index in [2.05, 4.69) is 36.0 Å². The van der Waals surface area contributed by atoms with Crippen molar-refractivity contribution in [2.45, 2.75) is 21.1 Å². The minimum atomic E-state index is -3.46. The Balaban J connectivity index is 2.03. The van der Waals surface area contributed by atoms with Crippen LogP contribution in [-0.4, -0.2) is 58.9 Å². The zero-order valence-electron chi connectivity index (χ0n) is 15.6. The summed E-state index contributed by atoms with van der Waals surface area (Å²) in [6, 6.07) is 13.7. The molecule has 3 rings (SSSR count). The van der Waals surface area contributed by atoms with Crippen LogP contribution in [0.15, 0.2) is 57.2 Å². The highest BCUT2D eigenvalue weighted by atomic mass is 32.2. The van der Waals surface area contributed by atoms with E-state index >= 15 is 0 Å². The lowest BCUT2D eigenvalue weighted by molar-refractivity contribution is 0.402. The number of anilines is 2. The molecule has 0 amide bonds. The standard InChI is InChI=1S/C19H25N3O2S2/c1-20(2)12-7-13-22-16-8-5-6-9-18(16)25-19-11-10-15(14-17(19)22)26(23,24)21(3)4/h5-6,8-11,14H,7,12-13H2,1-4H3. The Morgan fingerprint density at radius 2 is 1.65 bits per heavy atom. The fourth-order valence-corrected chi connectivity index (χ4v) is 4.96. The molecule has 0 bridgehead atoms. The molecule has 0 N–H and O–H groups in total. The van der Waals surface area contributed by atoms with Crippen molar-refractivity contribution in [3.63, 3.8) is 0 Å². The van der Waals surface area contributed by atoms with Gasteiger partial charge in [0.1, 0.15) is 0 Å². The van der Waals surface area contributed by atoms with Crippen LogP contribution in [-0.2, 0) is 10.0 Å². The molecule has 0 saturated carbocycles. The lowest BCUT2D eigenvalue weighted by atomic mass is 10.2. The summed E-state index contributed by atoms with van der Waals surface area (Å²) in [7, 11) is 3.80. The second-order valence-corrected chi connectivity index (χ2v) is 10.0. The Hall–Kier alpha value is -1.54. The summed E-state index contributed by atoms with van der Waals surface area (Å²) in [6.07, 6.45) is 0.996. The predicted octanol–water partition coefficient (Wildman–Crippen LogP) is 3.49. The van der Waals surface area contributed by atoms with E-state index in [-0.39, 0.29) is 0 Å². The quantitative estimate of drug-likeness (QED) is 0.754. The molecule has 0 fully saturated rings. The molecule has 0 radical (unpaired) electrons. The first-order chi connectivity index (χ1) is 12.3. The summed E-state index contributed by atoms with van der Waals surface area (Å²) in [4.78, 5) is 7.04. The van der Waals surface area contributed by atoms with Crippen LogP contribution in [0, 0.1) is 0 Å². The third-order valence-corrected chi connectivity index (χ3v) is 7.30. The van der Waals surface area contributed by atoms with Crippen molar-refractivity contribution in [3.8, 4) is 0 Å². The van der Waals surface area contributed by atoms with Crippen LogP contribution in [0.25, 0.3) is 0 Å². The Morgan fingerprint density at radius 1 is 0.962 bits per heavy atom. The predicted molar refractivity (Wildman–Crippen MR) is 108 cm³/mol. The molecule has 1 heterocycles. The van der Waals surface area contributed by atoms with Crippen LogP contribution >= 0.6 is 11.8 Å². The molecule has 1 aliphatic heterocycles. The second kappa shape index (κ2) is 7.60. The Labute approximate surface area is 160 Å². The van der Waals surface area contributed by atoms with E-state index < -0.39 is 10.0 Å². The number of nitrogens with zero attached hydrogens (tertiary/aromatic N) is 3. The molecule has 2 aromatic carbocycles. The van der Waals surface area contributed by atoms with Gasteiger partial charge in [-0.25, -0.2) is 12.7 Å². The van der Waals surface area contributed by atoms with Crippen molar-refractivity contribution in [1.29, 1.82) is 0 Å². The van der Waals surface area contributed by atoms with Crippen molar-refractivity contribution >= 4 is 33.2 Å². The fourth-order valence-electron chi connectivity index (χ4n) is 2.97. The number of rotatable bonds is 6. The zero-order chi connectivity index (χ0) is 18.9. The normalized spacial score (nSPS) is 13.8. The van der Waals surface area contributed by atoms with Gasteiger partial charge in [-0.15, -0.1) is 0 Å². The number of fused-ring (bicyclic) bond motifs is 2. The minimum absolute atomic E-state index is 0.332. The van der Waals surface area contributed by atoms with Gasteiger partial charge < -0.3 is 9.80 Å². The smallest absolute Gasteiger partial charge is 0.242 e. The highest BCUT2D eigenvalue weighted by Crippen LogP contribution is 2.48. The molecule has 0 unspecified atom stereocenters. The van der Waals surface area contributed by atoms with E-state index in [0.717, 1.165) is 35.8 Å². The summed E-state index contributed by atoms with van der Waals surface area (Å²) in [5.74, 6) is 0. The van der Waals surface area contributed by atoms with Gasteiger partial charge in [0.15, 0.2) is 0 Å². The molecule has 26 heavy (non-hydrogen) atoms. The van der Waals surface area contributed by atoms with E-state index in [1.807, 2.05) is 24.3 Å². The maximum absolute atomic E-state index is 12.6. The highest BCUT2D eigenvalue weighted by molar-refractivity contribution is 7.99. The van der Waals surface area contributed by atoms with Crippen LogP contribution in [0.5, 0.6) is 0 Å². The number of para-hydroxylation sites is 1. The Bertz CT molecular complexity index is 895. The van der Waals surface area contributed by atoms with Gasteiger partial charge in [0, 0.05) is 30.4 Å². The van der Waals surface area contributed by atoms with Crippen molar-refractivity contribution in [1.82, 2.24) is 9.21 Å². The third kappa shape index (κ3) is 3.76. The second-order valence-electron chi connectivity index (χ2n) is 6.80. The molecule has 140 valence electrons. The van der Waals surface area contributed by atoms with Crippen LogP contribution in [0.3, 0.4) is 0 Å². The molecular formula is C19H25N3O2S2. The summed E-state index contributed by atoms with van der Waals surface area (Å²) in [5.41, 5.74) is 2.11. The maximum Gasteiger partial charge on any atom is 0.242 e. The summed E-state index contributed by atoms with van der Waals surface area (Å²) < 4.78 is 26.4. The lowest BCUT2D eigenvalue weighted by Crippen LogP contribution is -2.26. The fraction of sp³-hybridized carbons (Fsp3) is 0.368. The first-order valence-corrected chi connectivity index (χ1v) is 10.8. The summed E-state index contributed by atoms with van der Waals surface area (Å²) >= 11 is 1.69. The first-order valence-electron chi connectivity index (χ1n) is 8.56. The van der Waals surface area contributed by atoms with Gasteiger partial charge in [-0.05, 0) is 57.4 Å². The molecule has 0 aliphatic carbocycles. The molecule has 0 atom stereocenters. The van der Waals surface area contributed by atoms with Gasteiger partial charge >= 0.3 is 0 Å². The van der Waals surface area contributed by atoms with Crippen LogP contribution in [0.4, 0.5) is 11.4 Å². The molecule has 0 aromatic heterocycles. The minimum Gasteiger partial charge on any atom is -0.340 e. The average Bonchev–Trinajstić information content (AvgIpc) is 2.60. The van der Waals surface area contributed by atoms with E-state index in [9.17, 15) is 8.42 Å². The molecule has 7 heteroatoms. The topological polar surface area (TPSA) is 43.9 Å². The molecule has 1 aliphatic rings.